The molecule has 1 aliphatic rings. The standard InChI is InChI=1S/C12H18N2S.2ClH/c1-2-4-11(12-5-3-10-15-12)14-8-6-13-7-9-14;;/h2-3,5,10-11,13H,1,4,6-9H2;2*1H/t11-;;/m0../s1. The second-order valence-corrected chi connectivity index (χ2v) is 4.82. The maximum atomic E-state index is 3.87. The van der Waals surface area contributed by atoms with Crippen molar-refractivity contribution in [1.82, 2.24) is 10.2 Å². The molecule has 0 unspecified atom stereocenters. The molecule has 2 rings (SSSR count). The van der Waals surface area contributed by atoms with Gasteiger partial charge in [0.1, 0.15) is 0 Å². The monoisotopic (exact) mass is 294 g/mol. The van der Waals surface area contributed by atoms with Gasteiger partial charge in [0.05, 0.1) is 0 Å². The number of rotatable bonds is 4. The quantitative estimate of drug-likeness (QED) is 0.859. The average molecular weight is 295 g/mol. The minimum absolute atomic E-state index is 0. The molecule has 98 valence electrons. The van der Waals surface area contributed by atoms with E-state index in [1.807, 2.05) is 17.4 Å². The fourth-order valence-electron chi connectivity index (χ4n) is 2.08. The minimum Gasteiger partial charge on any atom is -0.314 e. The summed E-state index contributed by atoms with van der Waals surface area (Å²) in [5.74, 6) is 0. The van der Waals surface area contributed by atoms with Crippen LogP contribution in [0, 0.1) is 0 Å². The molecule has 0 radical (unpaired) electrons. The summed E-state index contributed by atoms with van der Waals surface area (Å²) in [6.45, 7) is 8.39. The fourth-order valence-corrected chi connectivity index (χ4v) is 2.95. The van der Waals surface area contributed by atoms with Crippen molar-refractivity contribution in [2.45, 2.75) is 12.5 Å². The van der Waals surface area contributed by atoms with Gasteiger partial charge >= 0.3 is 0 Å². The predicted molar refractivity (Wildman–Crippen MR) is 80.8 cm³/mol. The highest BCUT2D eigenvalue weighted by Crippen LogP contribution is 2.28. The average Bonchev–Trinajstić information content (AvgIpc) is 2.80. The second kappa shape index (κ2) is 8.95. The Bertz CT molecular complexity index is 297. The third-order valence-corrected chi connectivity index (χ3v) is 3.83. The van der Waals surface area contributed by atoms with Crippen LogP contribution in [-0.4, -0.2) is 31.1 Å². The summed E-state index contributed by atoms with van der Waals surface area (Å²) in [4.78, 5) is 4.03. The molecule has 0 aromatic carbocycles. The molecule has 1 atom stereocenters. The lowest BCUT2D eigenvalue weighted by Crippen LogP contribution is -2.44. The third-order valence-electron chi connectivity index (χ3n) is 2.85. The van der Waals surface area contributed by atoms with Crippen LogP contribution in [0.1, 0.15) is 17.3 Å². The Labute approximate surface area is 120 Å². The molecule has 2 heterocycles. The number of thiophene rings is 1. The number of hydrogen-bond donors (Lipinski definition) is 1. The van der Waals surface area contributed by atoms with Gasteiger partial charge in [-0.15, -0.1) is 42.7 Å². The summed E-state index contributed by atoms with van der Waals surface area (Å²) < 4.78 is 0. The first-order valence-corrected chi connectivity index (χ1v) is 6.39. The molecule has 0 aliphatic carbocycles. The van der Waals surface area contributed by atoms with E-state index in [1.165, 1.54) is 4.88 Å². The zero-order valence-corrected chi connectivity index (χ0v) is 12.3. The molecular weight excluding hydrogens is 275 g/mol. The van der Waals surface area contributed by atoms with E-state index in [0.29, 0.717) is 6.04 Å². The Kier molecular flexibility index (Phi) is 8.92. The maximum Gasteiger partial charge on any atom is 0.0476 e. The molecule has 1 aromatic rings. The minimum atomic E-state index is 0. The van der Waals surface area contributed by atoms with Gasteiger partial charge < -0.3 is 5.32 Å². The zero-order valence-electron chi connectivity index (χ0n) is 9.80. The van der Waals surface area contributed by atoms with Gasteiger partial charge in [-0.25, -0.2) is 0 Å². The summed E-state index contributed by atoms with van der Waals surface area (Å²) >= 11 is 1.85. The summed E-state index contributed by atoms with van der Waals surface area (Å²) in [7, 11) is 0. The lowest BCUT2D eigenvalue weighted by molar-refractivity contribution is 0.177. The fraction of sp³-hybridized carbons (Fsp3) is 0.500. The van der Waals surface area contributed by atoms with Gasteiger partial charge in [-0.2, -0.15) is 0 Å². The Morgan fingerprint density at radius 3 is 2.65 bits per heavy atom. The summed E-state index contributed by atoms with van der Waals surface area (Å²) in [5.41, 5.74) is 0. The molecule has 0 amide bonds. The molecule has 0 saturated carbocycles. The third kappa shape index (κ3) is 4.60. The van der Waals surface area contributed by atoms with Gasteiger partial charge in [0.15, 0.2) is 0 Å². The van der Waals surface area contributed by atoms with Crippen LogP contribution in [-0.2, 0) is 0 Å². The number of nitrogens with zero attached hydrogens (tertiary/aromatic N) is 1. The van der Waals surface area contributed by atoms with Crippen LogP contribution in [0.3, 0.4) is 0 Å². The molecule has 1 N–H and O–H groups in total. The van der Waals surface area contributed by atoms with E-state index in [-0.39, 0.29) is 24.8 Å². The summed E-state index contributed by atoms with van der Waals surface area (Å²) in [5, 5.41) is 5.55. The van der Waals surface area contributed by atoms with Crippen molar-refractivity contribution < 1.29 is 0 Å². The van der Waals surface area contributed by atoms with Crippen LogP contribution in [0.5, 0.6) is 0 Å². The van der Waals surface area contributed by atoms with E-state index in [2.05, 4.69) is 34.3 Å². The maximum absolute atomic E-state index is 3.87. The topological polar surface area (TPSA) is 15.3 Å². The van der Waals surface area contributed by atoms with Crippen LogP contribution in [0.15, 0.2) is 30.2 Å². The van der Waals surface area contributed by atoms with E-state index in [9.17, 15) is 0 Å². The first kappa shape index (κ1) is 16.9. The van der Waals surface area contributed by atoms with Crippen molar-refractivity contribution in [2.75, 3.05) is 26.2 Å². The molecule has 1 fully saturated rings. The highest BCUT2D eigenvalue weighted by Gasteiger charge is 2.21. The van der Waals surface area contributed by atoms with E-state index < -0.39 is 0 Å². The van der Waals surface area contributed by atoms with Crippen molar-refractivity contribution in [3.8, 4) is 0 Å². The molecule has 1 aliphatic heterocycles. The number of piperazine rings is 1. The van der Waals surface area contributed by atoms with E-state index in [0.717, 1.165) is 32.6 Å². The van der Waals surface area contributed by atoms with Crippen molar-refractivity contribution in [1.29, 1.82) is 0 Å². The molecular formula is C12H20Cl2N2S. The number of hydrogen-bond acceptors (Lipinski definition) is 3. The van der Waals surface area contributed by atoms with E-state index >= 15 is 0 Å². The largest absolute Gasteiger partial charge is 0.314 e. The molecule has 1 saturated heterocycles. The lowest BCUT2D eigenvalue weighted by atomic mass is 10.1. The SMILES string of the molecule is C=CC[C@@H](c1cccs1)N1CCNCC1.Cl.Cl. The molecule has 0 spiro atoms. The smallest absolute Gasteiger partial charge is 0.0476 e. The van der Waals surface area contributed by atoms with Crippen molar-refractivity contribution in [3.63, 3.8) is 0 Å². The van der Waals surface area contributed by atoms with E-state index in [4.69, 9.17) is 0 Å². The van der Waals surface area contributed by atoms with Crippen molar-refractivity contribution in [3.05, 3.63) is 35.0 Å². The Morgan fingerprint density at radius 2 is 2.12 bits per heavy atom. The Balaban J connectivity index is 0.00000128. The van der Waals surface area contributed by atoms with Gasteiger partial charge in [-0.1, -0.05) is 12.1 Å². The van der Waals surface area contributed by atoms with Crippen molar-refractivity contribution in [2.24, 2.45) is 0 Å². The van der Waals surface area contributed by atoms with E-state index in [1.54, 1.807) is 0 Å². The van der Waals surface area contributed by atoms with Gasteiger partial charge in [-0.05, 0) is 17.9 Å². The van der Waals surface area contributed by atoms with Crippen molar-refractivity contribution >= 4 is 36.2 Å². The van der Waals surface area contributed by atoms with Gasteiger partial charge in [-0.3, -0.25) is 4.90 Å². The van der Waals surface area contributed by atoms with Gasteiger partial charge in [0.25, 0.3) is 0 Å². The Hall–Kier alpha value is -0.0600. The second-order valence-electron chi connectivity index (χ2n) is 3.84. The first-order valence-electron chi connectivity index (χ1n) is 5.51. The number of nitrogens with one attached hydrogen (secondary N) is 1. The van der Waals surface area contributed by atoms with Gasteiger partial charge in [0.2, 0.25) is 0 Å². The highest BCUT2D eigenvalue weighted by molar-refractivity contribution is 7.10. The van der Waals surface area contributed by atoms with Crippen LogP contribution in [0.25, 0.3) is 0 Å². The molecule has 2 nitrogen and oxygen atoms in total. The molecule has 5 heteroatoms. The lowest BCUT2D eigenvalue weighted by Gasteiger charge is -2.33. The number of halogens is 2. The normalized spacial score (nSPS) is 17.6. The zero-order chi connectivity index (χ0) is 10.5. The summed E-state index contributed by atoms with van der Waals surface area (Å²) in [6.07, 6.45) is 3.09. The van der Waals surface area contributed by atoms with Gasteiger partial charge in [0, 0.05) is 37.1 Å². The molecule has 1 aromatic heterocycles. The predicted octanol–water partition coefficient (Wildman–Crippen LogP) is 3.11. The van der Waals surface area contributed by atoms with Crippen LogP contribution >= 0.6 is 36.2 Å². The first-order chi connectivity index (χ1) is 7.42. The molecule has 0 bridgehead atoms. The van der Waals surface area contributed by atoms with Crippen LogP contribution in [0.2, 0.25) is 0 Å². The van der Waals surface area contributed by atoms with Crippen LogP contribution < -0.4 is 5.32 Å². The molecule has 17 heavy (non-hydrogen) atoms. The van der Waals surface area contributed by atoms with Crippen LogP contribution in [0.4, 0.5) is 0 Å². The Morgan fingerprint density at radius 1 is 1.41 bits per heavy atom. The highest BCUT2D eigenvalue weighted by atomic mass is 35.5. The summed E-state index contributed by atoms with van der Waals surface area (Å²) in [6, 6.07) is 4.92.